The summed E-state index contributed by atoms with van der Waals surface area (Å²) in [5, 5.41) is 8.83. The van der Waals surface area contributed by atoms with Crippen LogP contribution >= 0.6 is 0 Å². The molecule has 0 saturated heterocycles. The summed E-state index contributed by atoms with van der Waals surface area (Å²) >= 11 is 0. The minimum atomic E-state index is -0.573. The van der Waals surface area contributed by atoms with Gasteiger partial charge >= 0.3 is 5.97 Å². The number of amides is 1. The molecule has 3 rings (SSSR count). The van der Waals surface area contributed by atoms with E-state index in [1.807, 2.05) is 24.3 Å². The average molecular weight is 334 g/mol. The Hall–Kier alpha value is -3.13. The first-order valence-electron chi connectivity index (χ1n) is 8.15. The van der Waals surface area contributed by atoms with Crippen LogP contribution in [0.15, 0.2) is 48.5 Å². The first kappa shape index (κ1) is 16.7. The molecule has 2 aromatic rings. The highest BCUT2D eigenvalue weighted by molar-refractivity contribution is 5.92. The standard InChI is InChI=1S/C20H18N2O3/c21-11-9-16-6-3-4-8-18(16)20(24)25-14-19(23)22-12-10-15-5-1-2-7-17(15)13-22/h1-8H,9-10,12-14H2. The summed E-state index contributed by atoms with van der Waals surface area (Å²) in [6.45, 7) is 0.873. The number of benzene rings is 2. The van der Waals surface area contributed by atoms with Crippen LogP contribution in [0.25, 0.3) is 0 Å². The molecule has 126 valence electrons. The van der Waals surface area contributed by atoms with Crippen LogP contribution in [0.2, 0.25) is 0 Å². The van der Waals surface area contributed by atoms with Gasteiger partial charge in [-0.1, -0.05) is 42.5 Å². The van der Waals surface area contributed by atoms with Gasteiger partial charge in [-0.25, -0.2) is 4.79 Å². The first-order valence-corrected chi connectivity index (χ1v) is 8.15. The van der Waals surface area contributed by atoms with Crippen molar-refractivity contribution in [3.63, 3.8) is 0 Å². The van der Waals surface area contributed by atoms with Gasteiger partial charge in [-0.15, -0.1) is 0 Å². The van der Waals surface area contributed by atoms with E-state index >= 15 is 0 Å². The van der Waals surface area contributed by atoms with E-state index in [4.69, 9.17) is 10.00 Å². The molecule has 2 aromatic carbocycles. The lowest BCUT2D eigenvalue weighted by atomic mass is 10.00. The molecule has 0 saturated carbocycles. The summed E-state index contributed by atoms with van der Waals surface area (Å²) in [6.07, 6.45) is 0.934. The lowest BCUT2D eigenvalue weighted by Crippen LogP contribution is -2.38. The Labute approximate surface area is 146 Å². The molecule has 0 aliphatic carbocycles. The number of carbonyl (C=O) groups is 2. The first-order chi connectivity index (χ1) is 12.2. The number of nitrogens with zero attached hydrogens (tertiary/aromatic N) is 2. The second-order valence-corrected chi connectivity index (χ2v) is 5.90. The summed E-state index contributed by atoms with van der Waals surface area (Å²) in [7, 11) is 0. The molecular weight excluding hydrogens is 316 g/mol. The van der Waals surface area contributed by atoms with Crippen LogP contribution in [0.4, 0.5) is 0 Å². The highest BCUT2D eigenvalue weighted by Gasteiger charge is 2.22. The van der Waals surface area contributed by atoms with Gasteiger partial charge in [0.05, 0.1) is 18.1 Å². The smallest absolute Gasteiger partial charge is 0.338 e. The SMILES string of the molecule is N#CCc1ccccc1C(=O)OCC(=O)N1CCc2ccccc2C1. The Balaban J connectivity index is 1.60. The van der Waals surface area contributed by atoms with Crippen molar-refractivity contribution in [2.24, 2.45) is 0 Å². The third kappa shape index (κ3) is 3.86. The second kappa shape index (κ2) is 7.63. The highest BCUT2D eigenvalue weighted by atomic mass is 16.5. The topological polar surface area (TPSA) is 70.4 Å². The van der Waals surface area contributed by atoms with Gasteiger partial charge in [0.2, 0.25) is 0 Å². The zero-order valence-electron chi connectivity index (χ0n) is 13.8. The predicted molar refractivity (Wildman–Crippen MR) is 91.6 cm³/mol. The summed E-state index contributed by atoms with van der Waals surface area (Å²) in [5.74, 6) is -0.780. The fourth-order valence-corrected chi connectivity index (χ4v) is 2.96. The van der Waals surface area contributed by atoms with Crippen molar-refractivity contribution in [3.8, 4) is 6.07 Å². The van der Waals surface area contributed by atoms with E-state index in [2.05, 4.69) is 6.07 Å². The van der Waals surface area contributed by atoms with E-state index in [1.54, 1.807) is 29.2 Å². The van der Waals surface area contributed by atoms with Crippen molar-refractivity contribution in [1.29, 1.82) is 5.26 Å². The quantitative estimate of drug-likeness (QED) is 0.806. The van der Waals surface area contributed by atoms with Crippen LogP contribution < -0.4 is 0 Å². The Morgan fingerprint density at radius 1 is 1.08 bits per heavy atom. The number of nitriles is 1. The predicted octanol–water partition coefficient (Wildman–Crippen LogP) is 2.49. The molecule has 5 heteroatoms. The van der Waals surface area contributed by atoms with Gasteiger partial charge in [-0.2, -0.15) is 5.26 Å². The van der Waals surface area contributed by atoms with Gasteiger partial charge in [0.1, 0.15) is 0 Å². The van der Waals surface area contributed by atoms with Crippen molar-refractivity contribution in [3.05, 3.63) is 70.8 Å². The summed E-state index contributed by atoms with van der Waals surface area (Å²) in [6, 6.07) is 16.9. The minimum Gasteiger partial charge on any atom is -0.452 e. The van der Waals surface area contributed by atoms with Crippen molar-refractivity contribution in [2.75, 3.05) is 13.2 Å². The lowest BCUT2D eigenvalue weighted by Gasteiger charge is -2.28. The minimum absolute atomic E-state index is 0.127. The summed E-state index contributed by atoms with van der Waals surface area (Å²) in [5.41, 5.74) is 3.33. The van der Waals surface area contributed by atoms with Gasteiger partial charge in [-0.3, -0.25) is 4.79 Å². The van der Waals surface area contributed by atoms with Crippen molar-refractivity contribution >= 4 is 11.9 Å². The molecule has 0 radical (unpaired) electrons. The van der Waals surface area contributed by atoms with E-state index in [0.29, 0.717) is 24.2 Å². The highest BCUT2D eigenvalue weighted by Crippen LogP contribution is 2.18. The number of esters is 1. The third-order valence-corrected chi connectivity index (χ3v) is 4.32. The van der Waals surface area contributed by atoms with E-state index < -0.39 is 5.97 Å². The molecule has 0 N–H and O–H groups in total. The zero-order chi connectivity index (χ0) is 17.6. The van der Waals surface area contributed by atoms with Gasteiger partial charge in [0.25, 0.3) is 5.91 Å². The summed E-state index contributed by atoms with van der Waals surface area (Å²) < 4.78 is 5.18. The Kier molecular flexibility index (Phi) is 5.10. The van der Waals surface area contributed by atoms with Gasteiger partial charge < -0.3 is 9.64 Å². The van der Waals surface area contributed by atoms with Crippen LogP contribution in [0.5, 0.6) is 0 Å². The van der Waals surface area contributed by atoms with Crippen LogP contribution in [0.1, 0.15) is 27.0 Å². The average Bonchev–Trinajstić information content (AvgIpc) is 2.66. The fourth-order valence-electron chi connectivity index (χ4n) is 2.96. The zero-order valence-corrected chi connectivity index (χ0v) is 13.8. The molecule has 1 heterocycles. The molecule has 1 aliphatic heterocycles. The maximum atomic E-state index is 12.4. The van der Waals surface area contributed by atoms with Crippen LogP contribution in [-0.2, 0) is 28.9 Å². The molecule has 5 nitrogen and oxygen atoms in total. The van der Waals surface area contributed by atoms with Gasteiger partial charge in [0, 0.05) is 13.1 Å². The number of hydrogen-bond acceptors (Lipinski definition) is 4. The number of rotatable bonds is 4. The summed E-state index contributed by atoms with van der Waals surface area (Å²) in [4.78, 5) is 26.3. The molecule has 1 aliphatic rings. The van der Waals surface area contributed by atoms with Crippen molar-refractivity contribution in [2.45, 2.75) is 19.4 Å². The van der Waals surface area contributed by atoms with Crippen LogP contribution in [0, 0.1) is 11.3 Å². The van der Waals surface area contributed by atoms with Crippen molar-refractivity contribution < 1.29 is 14.3 Å². The number of fused-ring (bicyclic) bond motifs is 1. The maximum Gasteiger partial charge on any atom is 0.338 e. The molecule has 25 heavy (non-hydrogen) atoms. The van der Waals surface area contributed by atoms with Crippen LogP contribution in [-0.4, -0.2) is 29.9 Å². The van der Waals surface area contributed by atoms with E-state index in [1.165, 1.54) is 5.56 Å². The molecule has 1 amide bonds. The van der Waals surface area contributed by atoms with E-state index in [0.717, 1.165) is 12.0 Å². The fraction of sp³-hybridized carbons (Fsp3) is 0.250. The Bertz CT molecular complexity index is 839. The monoisotopic (exact) mass is 334 g/mol. The lowest BCUT2D eigenvalue weighted by molar-refractivity contribution is -0.135. The van der Waals surface area contributed by atoms with Crippen LogP contribution in [0.3, 0.4) is 0 Å². The molecule has 0 spiro atoms. The van der Waals surface area contributed by atoms with E-state index in [9.17, 15) is 9.59 Å². The number of ether oxygens (including phenoxy) is 1. The number of hydrogen-bond donors (Lipinski definition) is 0. The van der Waals surface area contributed by atoms with Crippen molar-refractivity contribution in [1.82, 2.24) is 4.90 Å². The molecule has 0 atom stereocenters. The molecule has 0 fully saturated rings. The van der Waals surface area contributed by atoms with E-state index in [-0.39, 0.29) is 18.9 Å². The van der Waals surface area contributed by atoms with Gasteiger partial charge in [-0.05, 0) is 29.2 Å². The number of carbonyl (C=O) groups excluding carboxylic acids is 2. The maximum absolute atomic E-state index is 12.4. The molecule has 0 bridgehead atoms. The molecule has 0 unspecified atom stereocenters. The third-order valence-electron chi connectivity index (χ3n) is 4.32. The molecule has 0 aromatic heterocycles. The largest absolute Gasteiger partial charge is 0.452 e. The molecular formula is C20H18N2O3. The normalized spacial score (nSPS) is 12.8. The second-order valence-electron chi connectivity index (χ2n) is 5.90. The Morgan fingerprint density at radius 2 is 1.80 bits per heavy atom. The Morgan fingerprint density at radius 3 is 2.60 bits per heavy atom. The van der Waals surface area contributed by atoms with Gasteiger partial charge in [0.15, 0.2) is 6.61 Å².